The summed E-state index contributed by atoms with van der Waals surface area (Å²) in [5.41, 5.74) is 2.96. The Balaban J connectivity index is 1.26. The van der Waals surface area contributed by atoms with Crippen LogP contribution in [0.2, 0.25) is 0 Å². The van der Waals surface area contributed by atoms with Crippen molar-refractivity contribution in [2.45, 2.75) is 31.7 Å². The van der Waals surface area contributed by atoms with Crippen LogP contribution < -0.4 is 20.4 Å². The molecule has 1 atom stereocenters. The molecule has 1 aromatic heterocycles. The monoisotopic (exact) mass is 399 g/mol. The fourth-order valence-electron chi connectivity index (χ4n) is 3.76. The van der Waals surface area contributed by atoms with Gasteiger partial charge in [0.15, 0.2) is 5.13 Å². The maximum atomic E-state index is 12.5. The van der Waals surface area contributed by atoms with Crippen LogP contribution in [0.3, 0.4) is 0 Å². The standard InChI is InChI=1S/C20H25N5O2S/c1-24-17-7-3-2-6-14(17)12-16(18(24)26)23-19(27)21-9-8-15-13-28-20(22-15)25-10-4-5-11-25/h2-3,6-7,13,16H,4-5,8-12H2,1H3,(H2,21,23,27). The SMILES string of the molecule is CN1C(=O)C(NC(=O)NCCc2csc(N3CCCC3)n2)Cc2ccccc21. The molecule has 2 aromatic rings. The maximum Gasteiger partial charge on any atom is 0.315 e. The zero-order valence-electron chi connectivity index (χ0n) is 16.0. The highest BCUT2D eigenvalue weighted by Gasteiger charge is 2.31. The van der Waals surface area contributed by atoms with E-state index in [1.807, 2.05) is 24.3 Å². The molecule has 0 spiro atoms. The molecule has 1 unspecified atom stereocenters. The fourth-order valence-corrected chi connectivity index (χ4v) is 4.67. The first-order valence-electron chi connectivity index (χ1n) is 9.71. The van der Waals surface area contributed by atoms with Crippen molar-refractivity contribution in [3.8, 4) is 0 Å². The van der Waals surface area contributed by atoms with Gasteiger partial charge in [0, 0.05) is 50.6 Å². The smallest absolute Gasteiger partial charge is 0.315 e. The largest absolute Gasteiger partial charge is 0.348 e. The zero-order valence-corrected chi connectivity index (χ0v) is 16.8. The Kier molecular flexibility index (Phi) is 5.47. The molecule has 7 nitrogen and oxygen atoms in total. The molecule has 148 valence electrons. The van der Waals surface area contributed by atoms with Crippen molar-refractivity contribution >= 4 is 34.1 Å². The van der Waals surface area contributed by atoms with Crippen molar-refractivity contribution in [2.24, 2.45) is 0 Å². The average Bonchev–Trinajstić information content (AvgIpc) is 3.37. The molecule has 0 saturated carbocycles. The molecular weight excluding hydrogens is 374 g/mol. The summed E-state index contributed by atoms with van der Waals surface area (Å²) in [7, 11) is 1.74. The van der Waals surface area contributed by atoms with Gasteiger partial charge in [-0.2, -0.15) is 0 Å². The molecule has 2 N–H and O–H groups in total. The summed E-state index contributed by atoms with van der Waals surface area (Å²) in [5, 5.41) is 8.79. The molecule has 1 saturated heterocycles. The molecule has 3 heterocycles. The molecule has 0 aliphatic carbocycles. The van der Waals surface area contributed by atoms with Crippen LogP contribution >= 0.6 is 11.3 Å². The van der Waals surface area contributed by atoms with Gasteiger partial charge in [0.1, 0.15) is 6.04 Å². The number of fused-ring (bicyclic) bond motifs is 1. The summed E-state index contributed by atoms with van der Waals surface area (Å²) >= 11 is 1.66. The second-order valence-electron chi connectivity index (χ2n) is 7.25. The maximum absolute atomic E-state index is 12.5. The van der Waals surface area contributed by atoms with Crippen molar-refractivity contribution in [2.75, 3.05) is 36.5 Å². The minimum atomic E-state index is -0.541. The van der Waals surface area contributed by atoms with Crippen LogP contribution in [-0.4, -0.2) is 49.6 Å². The van der Waals surface area contributed by atoms with Gasteiger partial charge in [-0.25, -0.2) is 9.78 Å². The number of nitrogens with zero attached hydrogens (tertiary/aromatic N) is 3. The highest BCUT2D eigenvalue weighted by Crippen LogP contribution is 2.26. The third-order valence-electron chi connectivity index (χ3n) is 5.29. The number of thiazole rings is 1. The van der Waals surface area contributed by atoms with E-state index < -0.39 is 6.04 Å². The minimum Gasteiger partial charge on any atom is -0.348 e. The Labute approximate surface area is 168 Å². The Bertz CT molecular complexity index is 862. The first-order chi connectivity index (χ1) is 13.6. The molecule has 2 aliphatic rings. The summed E-state index contributed by atoms with van der Waals surface area (Å²) in [5.74, 6) is -0.0939. The van der Waals surface area contributed by atoms with Crippen LogP contribution in [0.4, 0.5) is 15.6 Å². The van der Waals surface area contributed by atoms with Gasteiger partial charge in [0.05, 0.1) is 5.69 Å². The van der Waals surface area contributed by atoms with Gasteiger partial charge in [-0.3, -0.25) is 4.79 Å². The lowest BCUT2D eigenvalue weighted by molar-refractivity contribution is -0.120. The van der Waals surface area contributed by atoms with Crippen LogP contribution in [0, 0.1) is 0 Å². The van der Waals surface area contributed by atoms with Gasteiger partial charge in [-0.15, -0.1) is 11.3 Å². The number of urea groups is 1. The van der Waals surface area contributed by atoms with E-state index in [4.69, 9.17) is 0 Å². The lowest BCUT2D eigenvalue weighted by atomic mass is 9.98. The Hall–Kier alpha value is -2.61. The van der Waals surface area contributed by atoms with Crippen molar-refractivity contribution in [3.63, 3.8) is 0 Å². The van der Waals surface area contributed by atoms with Gasteiger partial charge in [0.2, 0.25) is 5.91 Å². The van der Waals surface area contributed by atoms with E-state index in [0.29, 0.717) is 19.4 Å². The predicted molar refractivity (Wildman–Crippen MR) is 111 cm³/mol. The van der Waals surface area contributed by atoms with E-state index in [9.17, 15) is 9.59 Å². The highest BCUT2D eigenvalue weighted by molar-refractivity contribution is 7.13. The topological polar surface area (TPSA) is 77.6 Å². The van der Waals surface area contributed by atoms with Crippen molar-refractivity contribution in [1.29, 1.82) is 0 Å². The van der Waals surface area contributed by atoms with Gasteiger partial charge >= 0.3 is 6.03 Å². The number of rotatable bonds is 5. The molecule has 4 rings (SSSR count). The first-order valence-corrected chi connectivity index (χ1v) is 10.6. The number of nitrogens with one attached hydrogen (secondary N) is 2. The molecule has 8 heteroatoms. The number of aromatic nitrogens is 1. The molecule has 0 bridgehead atoms. The zero-order chi connectivity index (χ0) is 19.5. The van der Waals surface area contributed by atoms with E-state index in [1.165, 1.54) is 12.8 Å². The molecule has 3 amide bonds. The third kappa shape index (κ3) is 3.96. The second kappa shape index (κ2) is 8.18. The van der Waals surface area contributed by atoms with Crippen LogP contribution in [0.15, 0.2) is 29.6 Å². The summed E-state index contributed by atoms with van der Waals surface area (Å²) in [6.45, 7) is 2.66. The van der Waals surface area contributed by atoms with Gasteiger partial charge in [-0.1, -0.05) is 18.2 Å². The van der Waals surface area contributed by atoms with Crippen LogP contribution in [-0.2, 0) is 17.6 Å². The average molecular weight is 400 g/mol. The molecule has 1 aromatic carbocycles. The number of hydrogen-bond acceptors (Lipinski definition) is 5. The normalized spacial score (nSPS) is 18.9. The Morgan fingerprint density at radius 2 is 2.07 bits per heavy atom. The molecule has 0 radical (unpaired) electrons. The fraction of sp³-hybridized carbons (Fsp3) is 0.450. The highest BCUT2D eigenvalue weighted by atomic mass is 32.1. The van der Waals surface area contributed by atoms with E-state index in [2.05, 4.69) is 25.9 Å². The van der Waals surface area contributed by atoms with E-state index in [-0.39, 0.29) is 11.9 Å². The van der Waals surface area contributed by atoms with Crippen LogP contribution in [0.1, 0.15) is 24.1 Å². The van der Waals surface area contributed by atoms with Gasteiger partial charge in [-0.05, 0) is 24.5 Å². The minimum absolute atomic E-state index is 0.0939. The summed E-state index contributed by atoms with van der Waals surface area (Å²) in [6.07, 6.45) is 3.66. The van der Waals surface area contributed by atoms with Crippen LogP contribution in [0.5, 0.6) is 0 Å². The Morgan fingerprint density at radius 1 is 1.29 bits per heavy atom. The number of carbonyl (C=O) groups is 2. The third-order valence-corrected chi connectivity index (χ3v) is 6.24. The molecule has 28 heavy (non-hydrogen) atoms. The van der Waals surface area contributed by atoms with Crippen LogP contribution in [0.25, 0.3) is 0 Å². The molecular formula is C20H25N5O2S. The molecule has 1 fully saturated rings. The van der Waals surface area contributed by atoms with Gasteiger partial charge < -0.3 is 20.4 Å². The number of hydrogen-bond donors (Lipinski definition) is 2. The van der Waals surface area contributed by atoms with Crippen molar-refractivity contribution in [3.05, 3.63) is 40.9 Å². The second-order valence-corrected chi connectivity index (χ2v) is 8.09. The lowest BCUT2D eigenvalue weighted by Gasteiger charge is -2.31. The van der Waals surface area contributed by atoms with E-state index in [0.717, 1.165) is 35.2 Å². The number of amides is 3. The summed E-state index contributed by atoms with van der Waals surface area (Å²) in [6, 6.07) is 6.92. The quantitative estimate of drug-likeness (QED) is 0.808. The molecule has 2 aliphatic heterocycles. The Morgan fingerprint density at radius 3 is 2.89 bits per heavy atom. The van der Waals surface area contributed by atoms with E-state index in [1.54, 1.807) is 23.3 Å². The van der Waals surface area contributed by atoms with E-state index >= 15 is 0 Å². The number of carbonyl (C=O) groups excluding carboxylic acids is 2. The number of anilines is 2. The number of likely N-dealkylation sites (N-methyl/N-ethyl adjacent to an activating group) is 1. The predicted octanol–water partition coefficient (Wildman–Crippen LogP) is 2.17. The van der Waals surface area contributed by atoms with Crippen molar-refractivity contribution in [1.82, 2.24) is 15.6 Å². The van der Waals surface area contributed by atoms with Crippen molar-refractivity contribution < 1.29 is 9.59 Å². The first kappa shape index (κ1) is 18.7. The number of para-hydroxylation sites is 1. The van der Waals surface area contributed by atoms with Gasteiger partial charge in [0.25, 0.3) is 0 Å². The summed E-state index contributed by atoms with van der Waals surface area (Å²) < 4.78 is 0. The summed E-state index contributed by atoms with van der Waals surface area (Å²) in [4.78, 5) is 33.4. The number of benzene rings is 1. The lowest BCUT2D eigenvalue weighted by Crippen LogP contribution is -2.54.